The first-order valence-corrected chi connectivity index (χ1v) is 3.69. The van der Waals surface area contributed by atoms with Gasteiger partial charge in [-0.15, -0.1) is 0 Å². The molecule has 4 nitrogen and oxygen atoms in total. The molecule has 0 aromatic heterocycles. The molecule has 4 atom stereocenters. The van der Waals surface area contributed by atoms with E-state index in [2.05, 4.69) is 0 Å². The first kappa shape index (κ1) is 8.93. The van der Waals surface area contributed by atoms with Crippen molar-refractivity contribution in [1.29, 1.82) is 0 Å². The molecule has 0 aromatic carbocycles. The van der Waals surface area contributed by atoms with Gasteiger partial charge in [0.2, 0.25) is 0 Å². The Hall–Kier alpha value is -0.160. The summed E-state index contributed by atoms with van der Waals surface area (Å²) in [5, 5.41) is 18.5. The maximum absolute atomic E-state index is 9.25. The summed E-state index contributed by atoms with van der Waals surface area (Å²) in [5.41, 5.74) is 0. The molecule has 0 radical (unpaired) electrons. The van der Waals surface area contributed by atoms with Crippen molar-refractivity contribution in [3.05, 3.63) is 0 Å². The van der Waals surface area contributed by atoms with Gasteiger partial charge < -0.3 is 19.7 Å². The normalized spacial score (nSPS) is 45.8. The summed E-state index contributed by atoms with van der Waals surface area (Å²) in [5.74, 6) is 0. The van der Waals surface area contributed by atoms with Crippen LogP contribution < -0.4 is 0 Å². The average molecular weight is 162 g/mol. The van der Waals surface area contributed by atoms with Gasteiger partial charge in [-0.3, -0.25) is 0 Å². The van der Waals surface area contributed by atoms with Gasteiger partial charge in [-0.05, 0) is 6.92 Å². The molecule has 1 fully saturated rings. The third kappa shape index (κ3) is 1.90. The number of aliphatic hydroxyl groups excluding tert-OH is 2. The molecule has 0 unspecified atom stereocenters. The van der Waals surface area contributed by atoms with Gasteiger partial charge in [-0.25, -0.2) is 0 Å². The molecule has 1 aliphatic rings. The van der Waals surface area contributed by atoms with E-state index in [1.54, 1.807) is 6.92 Å². The molecule has 11 heavy (non-hydrogen) atoms. The lowest BCUT2D eigenvalue weighted by molar-refractivity contribution is -0.251. The third-order valence-corrected chi connectivity index (χ3v) is 1.92. The summed E-state index contributed by atoms with van der Waals surface area (Å²) in [6.07, 6.45) is -1.83. The highest BCUT2D eigenvalue weighted by Gasteiger charge is 2.33. The zero-order valence-electron chi connectivity index (χ0n) is 6.73. The lowest BCUT2D eigenvalue weighted by atomic mass is 10.0. The van der Waals surface area contributed by atoms with E-state index in [1.807, 2.05) is 0 Å². The Labute approximate surface area is 65.7 Å². The van der Waals surface area contributed by atoms with Gasteiger partial charge >= 0.3 is 0 Å². The quantitative estimate of drug-likeness (QED) is 0.545. The molecule has 0 aliphatic carbocycles. The van der Waals surface area contributed by atoms with E-state index in [-0.39, 0.29) is 6.10 Å². The van der Waals surface area contributed by atoms with Crippen LogP contribution in [0.2, 0.25) is 0 Å². The van der Waals surface area contributed by atoms with Crippen molar-refractivity contribution in [1.82, 2.24) is 0 Å². The number of hydrogen-bond donors (Lipinski definition) is 2. The Morgan fingerprint density at radius 3 is 2.55 bits per heavy atom. The molecule has 1 saturated heterocycles. The van der Waals surface area contributed by atoms with Gasteiger partial charge in [-0.1, -0.05) is 0 Å². The van der Waals surface area contributed by atoms with E-state index in [9.17, 15) is 10.2 Å². The standard InChI is InChI=1S/C7H14O4/c1-4-5(8)3-6(9)7(10-2)11-4/h4-9H,3H2,1-2H3/t4-,5-,6+,7+/m0/s1. The van der Waals surface area contributed by atoms with E-state index in [0.717, 1.165) is 0 Å². The van der Waals surface area contributed by atoms with Crippen LogP contribution in [-0.2, 0) is 9.47 Å². The van der Waals surface area contributed by atoms with Crippen molar-refractivity contribution < 1.29 is 19.7 Å². The molecule has 0 saturated carbocycles. The fourth-order valence-corrected chi connectivity index (χ4v) is 1.16. The first-order valence-electron chi connectivity index (χ1n) is 3.69. The lowest BCUT2D eigenvalue weighted by Crippen LogP contribution is -2.46. The number of aliphatic hydroxyl groups is 2. The third-order valence-electron chi connectivity index (χ3n) is 1.92. The summed E-state index contributed by atoms with van der Waals surface area (Å²) >= 11 is 0. The van der Waals surface area contributed by atoms with E-state index in [4.69, 9.17) is 9.47 Å². The summed E-state index contributed by atoms with van der Waals surface area (Å²) in [6, 6.07) is 0. The van der Waals surface area contributed by atoms with Crippen LogP contribution in [0.1, 0.15) is 13.3 Å². The lowest BCUT2D eigenvalue weighted by Gasteiger charge is -2.34. The van der Waals surface area contributed by atoms with Crippen molar-refractivity contribution in [3.8, 4) is 0 Å². The van der Waals surface area contributed by atoms with Gasteiger partial charge in [-0.2, -0.15) is 0 Å². The summed E-state index contributed by atoms with van der Waals surface area (Å²) in [7, 11) is 1.47. The van der Waals surface area contributed by atoms with Gasteiger partial charge in [0.05, 0.1) is 12.2 Å². The molecule has 1 heterocycles. The zero-order valence-corrected chi connectivity index (χ0v) is 6.73. The molecule has 0 aromatic rings. The molecule has 1 rings (SSSR count). The van der Waals surface area contributed by atoms with E-state index < -0.39 is 18.5 Å². The molecule has 0 spiro atoms. The highest BCUT2D eigenvalue weighted by Crippen LogP contribution is 2.19. The molecular formula is C7H14O4. The SMILES string of the molecule is CO[C@@H]1O[C@@H](C)[C@@H](O)C[C@H]1O. The van der Waals surface area contributed by atoms with Gasteiger partial charge in [0.25, 0.3) is 0 Å². The monoisotopic (exact) mass is 162 g/mol. The fourth-order valence-electron chi connectivity index (χ4n) is 1.16. The fraction of sp³-hybridized carbons (Fsp3) is 1.00. The van der Waals surface area contributed by atoms with Crippen LogP contribution in [0.5, 0.6) is 0 Å². The Bertz CT molecular complexity index is 128. The van der Waals surface area contributed by atoms with Crippen molar-refractivity contribution in [2.24, 2.45) is 0 Å². The molecule has 0 amide bonds. The summed E-state index contributed by atoms with van der Waals surface area (Å²) in [6.45, 7) is 1.75. The molecule has 66 valence electrons. The van der Waals surface area contributed by atoms with Crippen molar-refractivity contribution in [3.63, 3.8) is 0 Å². The molecular weight excluding hydrogens is 148 g/mol. The van der Waals surface area contributed by atoms with Crippen molar-refractivity contribution in [2.75, 3.05) is 7.11 Å². The topological polar surface area (TPSA) is 58.9 Å². The highest BCUT2D eigenvalue weighted by atomic mass is 16.7. The van der Waals surface area contributed by atoms with Crippen LogP contribution in [0.25, 0.3) is 0 Å². The summed E-state index contributed by atoms with van der Waals surface area (Å²) < 4.78 is 9.98. The number of hydrogen-bond acceptors (Lipinski definition) is 4. The number of ether oxygens (including phenoxy) is 2. The van der Waals surface area contributed by atoms with Crippen molar-refractivity contribution >= 4 is 0 Å². The maximum Gasteiger partial charge on any atom is 0.183 e. The van der Waals surface area contributed by atoms with E-state index in [1.165, 1.54) is 7.11 Å². The van der Waals surface area contributed by atoms with Gasteiger partial charge in [0.15, 0.2) is 6.29 Å². The first-order chi connectivity index (χ1) is 5.15. The molecule has 2 N–H and O–H groups in total. The Kier molecular flexibility index (Phi) is 2.84. The van der Waals surface area contributed by atoms with Crippen LogP contribution in [-0.4, -0.2) is 41.9 Å². The maximum atomic E-state index is 9.25. The number of rotatable bonds is 1. The van der Waals surface area contributed by atoms with Crippen LogP contribution in [0, 0.1) is 0 Å². The van der Waals surface area contributed by atoms with Crippen LogP contribution in [0.3, 0.4) is 0 Å². The highest BCUT2D eigenvalue weighted by molar-refractivity contribution is 4.77. The van der Waals surface area contributed by atoms with E-state index in [0.29, 0.717) is 6.42 Å². The predicted octanol–water partition coefficient (Wildman–Crippen LogP) is -0.510. The van der Waals surface area contributed by atoms with Crippen LogP contribution in [0.15, 0.2) is 0 Å². The van der Waals surface area contributed by atoms with E-state index >= 15 is 0 Å². The average Bonchev–Trinajstić information content (AvgIpc) is 1.97. The minimum atomic E-state index is -0.716. The second-order valence-corrected chi connectivity index (χ2v) is 2.82. The van der Waals surface area contributed by atoms with Gasteiger partial charge in [0, 0.05) is 13.5 Å². The molecule has 1 aliphatic heterocycles. The minimum Gasteiger partial charge on any atom is -0.390 e. The Morgan fingerprint density at radius 2 is 2.00 bits per heavy atom. The predicted molar refractivity (Wildman–Crippen MR) is 38.0 cm³/mol. The zero-order chi connectivity index (χ0) is 8.43. The van der Waals surface area contributed by atoms with Crippen LogP contribution >= 0.6 is 0 Å². The van der Waals surface area contributed by atoms with Crippen LogP contribution in [0.4, 0.5) is 0 Å². The van der Waals surface area contributed by atoms with Gasteiger partial charge in [0.1, 0.15) is 6.10 Å². The minimum absolute atomic E-state index is 0.261. The summed E-state index contributed by atoms with van der Waals surface area (Å²) in [4.78, 5) is 0. The van der Waals surface area contributed by atoms with Crippen molar-refractivity contribution in [2.45, 2.75) is 37.9 Å². The second-order valence-electron chi connectivity index (χ2n) is 2.82. The Balaban J connectivity index is 2.48. The second kappa shape index (κ2) is 3.49. The smallest absolute Gasteiger partial charge is 0.183 e. The largest absolute Gasteiger partial charge is 0.390 e. The number of methoxy groups -OCH3 is 1. The molecule has 0 bridgehead atoms. The Morgan fingerprint density at radius 1 is 1.36 bits per heavy atom. The molecule has 4 heteroatoms.